The fraction of sp³-hybridized carbons (Fsp3) is 0.385. The zero-order valence-electron chi connectivity index (χ0n) is 58.1. The van der Waals surface area contributed by atoms with Crippen LogP contribution in [0.25, 0.3) is 0 Å². The minimum Gasteiger partial charge on any atom is -0.490 e. The van der Waals surface area contributed by atoms with Crippen LogP contribution in [0.15, 0.2) is 48.5 Å². The van der Waals surface area contributed by atoms with Crippen molar-refractivity contribution in [3.63, 3.8) is 0 Å². The summed E-state index contributed by atoms with van der Waals surface area (Å²) in [5.41, 5.74) is 12.1. The van der Waals surface area contributed by atoms with Gasteiger partial charge in [-0.2, -0.15) is 0 Å². The first-order valence-electron chi connectivity index (χ1n) is 34.2. The van der Waals surface area contributed by atoms with Crippen molar-refractivity contribution in [2.45, 2.75) is 103 Å². The third-order valence-corrected chi connectivity index (χ3v) is 22.3. The van der Waals surface area contributed by atoms with Crippen LogP contribution in [-0.4, -0.2) is 96.4 Å². The summed E-state index contributed by atoms with van der Waals surface area (Å²) in [6.45, 7) is 13.4. The van der Waals surface area contributed by atoms with Gasteiger partial charge in [-0.05, 0) is 48.5 Å². The Bertz CT molecular complexity index is 4330. The van der Waals surface area contributed by atoms with Gasteiger partial charge < -0.3 is 114 Å². The van der Waals surface area contributed by atoms with E-state index in [0.29, 0.717) is 137 Å². The van der Waals surface area contributed by atoms with Crippen molar-refractivity contribution >= 4 is 0 Å². The van der Waals surface area contributed by atoms with Gasteiger partial charge in [0.15, 0.2) is 92.0 Å². The highest BCUT2D eigenvalue weighted by atomic mass is 16.7. The van der Waals surface area contributed by atoms with Crippen LogP contribution in [0.2, 0.25) is 0 Å². The molecule has 0 aromatic heterocycles. The van der Waals surface area contributed by atoms with Crippen molar-refractivity contribution in [2.24, 2.45) is 0 Å². The molecule has 102 heavy (non-hydrogen) atoms. The molecule has 2 aliphatic carbocycles. The van der Waals surface area contributed by atoms with Crippen LogP contribution >= 0.6 is 0 Å². The fourth-order valence-corrected chi connectivity index (χ4v) is 16.9. The Balaban J connectivity index is 0.904. The second-order valence-corrected chi connectivity index (χ2v) is 27.0. The summed E-state index contributed by atoms with van der Waals surface area (Å²) in [5.74, 6) is 4.32. The highest BCUT2D eigenvalue weighted by Gasteiger charge is 2.45. The molecule has 0 saturated carbocycles. The van der Waals surface area contributed by atoms with Crippen molar-refractivity contribution in [2.75, 3.05) is 96.4 Å². The van der Waals surface area contributed by atoms with E-state index in [9.17, 15) is 0 Å². The zero-order chi connectivity index (χ0) is 69.4. The van der Waals surface area contributed by atoms with Gasteiger partial charge in [0.2, 0.25) is 114 Å². The van der Waals surface area contributed by atoms with Crippen molar-refractivity contribution < 1.29 is 114 Å². The van der Waals surface area contributed by atoms with Gasteiger partial charge in [-0.25, -0.2) is 0 Å². The molecule has 0 amide bonds. The van der Waals surface area contributed by atoms with Crippen molar-refractivity contribution in [1.29, 1.82) is 0 Å². The molecular formula is C78H72O24. The molecule has 24 bridgehead atoms. The van der Waals surface area contributed by atoms with E-state index in [4.69, 9.17) is 114 Å². The zero-order valence-corrected chi connectivity index (χ0v) is 58.1. The summed E-state index contributed by atoms with van der Waals surface area (Å²) in [7, 11) is 6.39. The molecule has 0 spiro atoms. The van der Waals surface area contributed by atoms with Gasteiger partial charge in [-0.1, -0.05) is 55.4 Å². The second-order valence-electron chi connectivity index (χ2n) is 27.0. The number of ether oxygens (including phenoxy) is 24. The topological polar surface area (TPSA) is 222 Å². The molecule has 11 aliphatic rings. The maximum Gasteiger partial charge on any atom is 0.231 e. The molecule has 8 aromatic carbocycles. The molecule has 24 heteroatoms. The smallest absolute Gasteiger partial charge is 0.231 e. The van der Waals surface area contributed by atoms with E-state index in [1.165, 1.54) is 0 Å². The number of methoxy groups -OCH3 is 4. The van der Waals surface area contributed by atoms with Gasteiger partial charge >= 0.3 is 0 Å². The molecule has 0 N–H and O–H groups in total. The van der Waals surface area contributed by atoms with Crippen LogP contribution in [0.5, 0.6) is 138 Å². The van der Waals surface area contributed by atoms with Gasteiger partial charge in [0.1, 0.15) is 0 Å². The van der Waals surface area contributed by atoms with Gasteiger partial charge in [0.25, 0.3) is 0 Å². The SMILES string of the molecule is COc1c2c3cc4c1OCOc1c(cc5c6c1OCOc1c7c8cc9c1OCOc1c(cc%10c(c1OC)OCOc1c(cc%11c(c1OC)OCOc1c(cc(c(c1OCOc1c(c(cc%12c1OCOc1c(cc(c(c1OC)OCO2)C3C)[C@@H]%12C)C5C)OCO6)OCO7)C8C)[C@H]%11C)C%10C)[C@H]9C)[C@@H]4C. The molecule has 9 heterocycles. The third-order valence-electron chi connectivity index (χ3n) is 22.3. The number of benzene rings is 8. The Kier molecular flexibility index (Phi) is 14.1. The van der Waals surface area contributed by atoms with E-state index in [-0.39, 0.29) is 77.3 Å². The van der Waals surface area contributed by atoms with Gasteiger partial charge in [0.05, 0.1) is 28.4 Å². The van der Waals surface area contributed by atoms with Gasteiger partial charge in [0, 0.05) is 136 Å². The summed E-state index contributed by atoms with van der Waals surface area (Å²) < 4.78 is 163. The van der Waals surface area contributed by atoms with Gasteiger partial charge in [-0.3, -0.25) is 0 Å². The van der Waals surface area contributed by atoms with Gasteiger partial charge in [-0.15, -0.1) is 0 Å². The highest BCUT2D eigenvalue weighted by molar-refractivity contribution is 5.77. The Morgan fingerprint density at radius 2 is 0.265 bits per heavy atom. The number of fused-ring (bicyclic) bond motifs is 4. The Morgan fingerprint density at radius 3 is 0.382 bits per heavy atom. The monoisotopic (exact) mass is 1390 g/mol. The minimum absolute atomic E-state index is 0.204. The Labute approximate surface area is 585 Å². The molecular weight excluding hydrogens is 1320 g/mol. The van der Waals surface area contributed by atoms with E-state index >= 15 is 0 Å². The summed E-state index contributed by atoms with van der Waals surface area (Å²) >= 11 is 0. The van der Waals surface area contributed by atoms with Crippen LogP contribution in [0, 0.1) is 0 Å². The standard InChI is InChI=1S/C78H72O24/c1-31-39-13-43-33(3)47-17-51-37(7)52-18-48-34(4)44-14-40(31)56-72(80-10)60(44)88-24-92-64(48)76-68(52)96-27-95-67(51)75(63(47)91-23-87-59(43)71(79-9)55(39)83-21-84-56)99-29-101-77-65-49-19-53-38(8)54-20-50-36(6)46-16-42-32(2)41-15-45(35(49)5)61(89-25-93-65)73(81-11)57(41)85-22-86-58(42)74(82-12)62(46)90-26-94-66(50)78(102-30-100-76)70(54)98-28-97-69(53)77/h13-20,31-38H,21-30H2,1-12H3/t31?,32?,33-,34+,35-,36+,37?,38?. The van der Waals surface area contributed by atoms with E-state index < -0.39 is 60.9 Å². The predicted octanol–water partition coefficient (Wildman–Crippen LogP) is 14.5. The van der Waals surface area contributed by atoms with Crippen LogP contribution < -0.4 is 114 Å². The van der Waals surface area contributed by atoms with Crippen molar-refractivity contribution in [1.82, 2.24) is 0 Å². The van der Waals surface area contributed by atoms with E-state index in [0.717, 1.165) is 66.8 Å². The number of hydrogen-bond acceptors (Lipinski definition) is 24. The van der Waals surface area contributed by atoms with E-state index in [1.807, 2.05) is 0 Å². The molecule has 9 aliphatic heterocycles. The first-order chi connectivity index (χ1) is 49.8. The fourth-order valence-electron chi connectivity index (χ4n) is 16.9. The Morgan fingerprint density at radius 1 is 0.167 bits per heavy atom. The molecule has 0 radical (unpaired) electrons. The molecule has 19 rings (SSSR count). The summed E-state index contributed by atoms with van der Waals surface area (Å²) in [6, 6.07) is 16.9. The number of hydrogen-bond donors (Lipinski definition) is 0. The molecule has 8 aromatic rings. The lowest BCUT2D eigenvalue weighted by Gasteiger charge is -2.35. The predicted molar refractivity (Wildman–Crippen MR) is 359 cm³/mol. The molecule has 0 fully saturated rings. The van der Waals surface area contributed by atoms with Crippen molar-refractivity contribution in [3.8, 4) is 138 Å². The molecule has 4 unspecified atom stereocenters. The summed E-state index contributed by atoms with van der Waals surface area (Å²) in [5, 5.41) is 0. The van der Waals surface area contributed by atoms with Crippen LogP contribution in [0.4, 0.5) is 0 Å². The largest absolute Gasteiger partial charge is 0.490 e. The highest BCUT2D eigenvalue weighted by Crippen LogP contribution is 2.65. The molecule has 24 nitrogen and oxygen atoms in total. The lowest BCUT2D eigenvalue weighted by Crippen LogP contribution is -2.24. The lowest BCUT2D eigenvalue weighted by molar-refractivity contribution is 0.0521. The summed E-state index contributed by atoms with van der Waals surface area (Å²) in [4.78, 5) is 0. The molecule has 8 atom stereocenters. The quantitative estimate of drug-likeness (QED) is 0.160. The Hall–Kier alpha value is -11.0. The number of rotatable bonds is 4. The third kappa shape index (κ3) is 8.72. The average Bonchev–Trinajstić information content (AvgIpc) is 0.728. The normalized spacial score (nSPS) is 22.3. The van der Waals surface area contributed by atoms with Crippen LogP contribution in [-0.2, 0) is 0 Å². The first-order valence-corrected chi connectivity index (χ1v) is 34.2. The summed E-state index contributed by atoms with van der Waals surface area (Å²) in [6.07, 6.45) is 0. The van der Waals surface area contributed by atoms with Crippen molar-refractivity contribution in [3.05, 3.63) is 138 Å². The van der Waals surface area contributed by atoms with E-state index in [2.05, 4.69) is 104 Å². The van der Waals surface area contributed by atoms with Crippen LogP contribution in [0.3, 0.4) is 0 Å². The van der Waals surface area contributed by atoms with Crippen LogP contribution in [0.1, 0.15) is 192 Å². The first kappa shape index (κ1) is 62.0. The van der Waals surface area contributed by atoms with E-state index in [1.54, 1.807) is 28.4 Å². The lowest BCUT2D eigenvalue weighted by atomic mass is 9.79. The average molecular weight is 1390 g/mol. The minimum atomic E-state index is -0.576. The second kappa shape index (κ2) is 23.3. The molecule has 528 valence electrons. The maximum absolute atomic E-state index is 7.24. The molecule has 0 saturated heterocycles. The maximum atomic E-state index is 7.24.